The van der Waals surface area contributed by atoms with Crippen LogP contribution in [0.5, 0.6) is 0 Å². The van der Waals surface area contributed by atoms with Crippen molar-refractivity contribution < 1.29 is 4.79 Å². The molecule has 0 amide bonds. The van der Waals surface area contributed by atoms with E-state index in [1.807, 2.05) is 34.3 Å². The lowest BCUT2D eigenvalue weighted by atomic mass is 10.2. The molecule has 0 unspecified atom stereocenters. The minimum atomic E-state index is 0.531. The van der Waals surface area contributed by atoms with E-state index < -0.39 is 0 Å². The third kappa shape index (κ3) is 2.04. The third-order valence-corrected chi connectivity index (χ3v) is 3.65. The number of thiazole rings is 1. The van der Waals surface area contributed by atoms with E-state index in [0.29, 0.717) is 12.8 Å². The van der Waals surface area contributed by atoms with Gasteiger partial charge in [-0.05, 0) is 18.6 Å². The SMILES string of the molecule is O=CCCc1csc(-c2ccc3nccn3c2)n1. The fraction of sp³-hybridized carbons (Fsp3) is 0.154. The highest BCUT2D eigenvalue weighted by Crippen LogP contribution is 2.24. The van der Waals surface area contributed by atoms with E-state index in [-0.39, 0.29) is 0 Å². The highest BCUT2D eigenvalue weighted by atomic mass is 32.1. The first-order valence-electron chi connectivity index (χ1n) is 5.68. The molecule has 3 rings (SSSR count). The van der Waals surface area contributed by atoms with Crippen molar-refractivity contribution in [3.05, 3.63) is 41.8 Å². The van der Waals surface area contributed by atoms with E-state index in [9.17, 15) is 4.79 Å². The number of nitrogens with zero attached hydrogens (tertiary/aromatic N) is 3. The van der Waals surface area contributed by atoms with Gasteiger partial charge in [-0.1, -0.05) is 0 Å². The van der Waals surface area contributed by atoms with Crippen LogP contribution in [0.3, 0.4) is 0 Å². The number of hydrogen-bond acceptors (Lipinski definition) is 4. The molecule has 0 aliphatic heterocycles. The van der Waals surface area contributed by atoms with Gasteiger partial charge in [-0.2, -0.15) is 0 Å². The summed E-state index contributed by atoms with van der Waals surface area (Å²) in [5, 5.41) is 2.99. The summed E-state index contributed by atoms with van der Waals surface area (Å²) in [6.45, 7) is 0. The summed E-state index contributed by atoms with van der Waals surface area (Å²) in [5.41, 5.74) is 2.98. The lowest BCUT2D eigenvalue weighted by molar-refractivity contribution is -0.107. The Kier molecular flexibility index (Phi) is 2.90. The summed E-state index contributed by atoms with van der Waals surface area (Å²) in [5.74, 6) is 0. The van der Waals surface area contributed by atoms with Gasteiger partial charge in [0.25, 0.3) is 0 Å². The van der Waals surface area contributed by atoms with Crippen LogP contribution in [-0.4, -0.2) is 20.7 Å². The Bertz CT molecular complexity index is 686. The van der Waals surface area contributed by atoms with E-state index >= 15 is 0 Å². The van der Waals surface area contributed by atoms with E-state index in [2.05, 4.69) is 9.97 Å². The largest absolute Gasteiger partial charge is 0.306 e. The van der Waals surface area contributed by atoms with E-state index in [4.69, 9.17) is 0 Å². The lowest BCUT2D eigenvalue weighted by Gasteiger charge is -1.98. The maximum atomic E-state index is 10.3. The number of aryl methyl sites for hydroxylation is 1. The average molecular weight is 257 g/mol. The summed E-state index contributed by atoms with van der Waals surface area (Å²) in [6.07, 6.45) is 7.88. The van der Waals surface area contributed by atoms with Gasteiger partial charge in [0.2, 0.25) is 0 Å². The molecule has 3 aromatic rings. The zero-order valence-electron chi connectivity index (χ0n) is 9.61. The molecule has 3 aromatic heterocycles. The molecule has 0 aliphatic carbocycles. The number of fused-ring (bicyclic) bond motifs is 1. The van der Waals surface area contributed by atoms with Gasteiger partial charge in [0.15, 0.2) is 0 Å². The molecule has 0 atom stereocenters. The first-order chi connectivity index (χ1) is 8.86. The smallest absolute Gasteiger partial charge is 0.136 e. The molecule has 3 heterocycles. The number of hydrogen-bond donors (Lipinski definition) is 0. The molecular formula is C13H11N3OS. The number of carbonyl (C=O) groups excluding carboxylic acids is 1. The van der Waals surface area contributed by atoms with Gasteiger partial charge in [-0.15, -0.1) is 11.3 Å². The summed E-state index contributed by atoms with van der Waals surface area (Å²) in [7, 11) is 0. The molecule has 0 saturated heterocycles. The van der Waals surface area contributed by atoms with E-state index in [1.165, 1.54) is 0 Å². The van der Waals surface area contributed by atoms with Crippen molar-refractivity contribution in [1.29, 1.82) is 0 Å². The van der Waals surface area contributed by atoms with Gasteiger partial charge in [-0.25, -0.2) is 9.97 Å². The molecule has 0 saturated carbocycles. The van der Waals surface area contributed by atoms with Crippen molar-refractivity contribution in [2.24, 2.45) is 0 Å². The molecule has 0 aliphatic rings. The number of aldehydes is 1. The molecule has 0 fully saturated rings. The predicted molar refractivity (Wildman–Crippen MR) is 70.7 cm³/mol. The molecule has 0 spiro atoms. The molecule has 5 heteroatoms. The second-order valence-corrected chi connectivity index (χ2v) is 4.82. The molecular weight excluding hydrogens is 246 g/mol. The highest BCUT2D eigenvalue weighted by molar-refractivity contribution is 7.13. The monoisotopic (exact) mass is 257 g/mol. The van der Waals surface area contributed by atoms with Crippen LogP contribution in [0.4, 0.5) is 0 Å². The minimum absolute atomic E-state index is 0.531. The Morgan fingerprint density at radius 2 is 2.33 bits per heavy atom. The maximum absolute atomic E-state index is 10.3. The van der Waals surface area contributed by atoms with Crippen LogP contribution < -0.4 is 0 Å². The molecule has 4 nitrogen and oxygen atoms in total. The fourth-order valence-electron chi connectivity index (χ4n) is 1.81. The van der Waals surface area contributed by atoms with Crippen molar-refractivity contribution in [2.45, 2.75) is 12.8 Å². The topological polar surface area (TPSA) is 47.3 Å². The highest BCUT2D eigenvalue weighted by Gasteiger charge is 2.05. The maximum Gasteiger partial charge on any atom is 0.136 e. The average Bonchev–Trinajstić information content (AvgIpc) is 3.04. The molecule has 0 bridgehead atoms. The first-order valence-corrected chi connectivity index (χ1v) is 6.56. The van der Waals surface area contributed by atoms with Crippen LogP contribution in [0.2, 0.25) is 0 Å². The second-order valence-electron chi connectivity index (χ2n) is 3.96. The summed E-state index contributed by atoms with van der Waals surface area (Å²) >= 11 is 1.60. The van der Waals surface area contributed by atoms with Crippen LogP contribution in [0.25, 0.3) is 16.2 Å². The van der Waals surface area contributed by atoms with Gasteiger partial charge in [-0.3, -0.25) is 0 Å². The van der Waals surface area contributed by atoms with Crippen molar-refractivity contribution in [2.75, 3.05) is 0 Å². The number of carbonyl (C=O) groups is 1. The van der Waals surface area contributed by atoms with Crippen LogP contribution >= 0.6 is 11.3 Å². The van der Waals surface area contributed by atoms with Gasteiger partial charge < -0.3 is 9.20 Å². The summed E-state index contributed by atoms with van der Waals surface area (Å²) in [6, 6.07) is 3.99. The van der Waals surface area contributed by atoms with Gasteiger partial charge in [0.1, 0.15) is 16.9 Å². The normalized spacial score (nSPS) is 10.9. The van der Waals surface area contributed by atoms with Gasteiger partial charge in [0, 0.05) is 36.0 Å². The zero-order chi connectivity index (χ0) is 12.4. The van der Waals surface area contributed by atoms with Crippen molar-refractivity contribution in [1.82, 2.24) is 14.4 Å². The molecule has 0 aromatic carbocycles. The van der Waals surface area contributed by atoms with Crippen molar-refractivity contribution in [3.8, 4) is 10.6 Å². The lowest BCUT2D eigenvalue weighted by Crippen LogP contribution is -1.88. The Labute approximate surface area is 108 Å². The fourth-order valence-corrected chi connectivity index (χ4v) is 2.65. The minimum Gasteiger partial charge on any atom is -0.306 e. The third-order valence-electron chi connectivity index (χ3n) is 2.71. The molecule has 90 valence electrons. The number of imidazole rings is 1. The quantitative estimate of drug-likeness (QED) is 0.675. The van der Waals surface area contributed by atoms with Crippen LogP contribution in [0, 0.1) is 0 Å². The Hall–Kier alpha value is -2.01. The Morgan fingerprint density at radius 1 is 1.39 bits per heavy atom. The van der Waals surface area contributed by atoms with E-state index in [1.54, 1.807) is 17.5 Å². The number of pyridine rings is 1. The number of rotatable bonds is 4. The van der Waals surface area contributed by atoms with Crippen LogP contribution in [0.15, 0.2) is 36.1 Å². The van der Waals surface area contributed by atoms with Crippen molar-refractivity contribution >= 4 is 23.3 Å². The predicted octanol–water partition coefficient (Wildman–Crippen LogP) is 2.59. The summed E-state index contributed by atoms with van der Waals surface area (Å²) in [4.78, 5) is 19.1. The molecule has 0 N–H and O–H groups in total. The standard InChI is InChI=1S/C13H11N3OS/c17-7-1-2-11-9-18-13(15-11)10-3-4-12-14-5-6-16(12)8-10/h3-9H,1-2H2. The van der Waals surface area contributed by atoms with Gasteiger partial charge >= 0.3 is 0 Å². The van der Waals surface area contributed by atoms with Gasteiger partial charge in [0.05, 0.1) is 5.69 Å². The number of aromatic nitrogens is 3. The van der Waals surface area contributed by atoms with E-state index in [0.717, 1.165) is 28.2 Å². The van der Waals surface area contributed by atoms with Crippen LogP contribution in [0.1, 0.15) is 12.1 Å². The summed E-state index contributed by atoms with van der Waals surface area (Å²) < 4.78 is 1.97. The zero-order valence-corrected chi connectivity index (χ0v) is 10.4. The molecule has 0 radical (unpaired) electrons. The van der Waals surface area contributed by atoms with Crippen molar-refractivity contribution in [3.63, 3.8) is 0 Å². The van der Waals surface area contributed by atoms with Crippen LogP contribution in [-0.2, 0) is 11.2 Å². The Morgan fingerprint density at radius 3 is 3.22 bits per heavy atom. The first kappa shape index (κ1) is 11.1. The second kappa shape index (κ2) is 4.70. The Balaban J connectivity index is 1.92. The molecule has 18 heavy (non-hydrogen) atoms.